The lowest BCUT2D eigenvalue weighted by Gasteiger charge is -2.10. The van der Waals surface area contributed by atoms with Crippen molar-refractivity contribution in [2.24, 2.45) is 0 Å². The van der Waals surface area contributed by atoms with Gasteiger partial charge in [0, 0.05) is 18.6 Å². The normalized spacial score (nSPS) is 15.0. The average Bonchev–Trinajstić information content (AvgIpc) is 3.23. The van der Waals surface area contributed by atoms with E-state index in [2.05, 4.69) is 24.5 Å². The van der Waals surface area contributed by atoms with Crippen LogP contribution in [0.2, 0.25) is 0 Å². The number of benzene rings is 1. The predicted octanol–water partition coefficient (Wildman–Crippen LogP) is 3.40. The minimum atomic E-state index is -0.0616. The van der Waals surface area contributed by atoms with Gasteiger partial charge in [-0.1, -0.05) is 26.0 Å². The van der Waals surface area contributed by atoms with Crippen molar-refractivity contribution in [3.05, 3.63) is 35.1 Å². The first-order valence-electron chi connectivity index (χ1n) is 7.89. The van der Waals surface area contributed by atoms with E-state index in [1.54, 1.807) is 6.07 Å². The molecule has 2 N–H and O–H groups in total. The van der Waals surface area contributed by atoms with Crippen LogP contribution in [0.4, 0.5) is 4.39 Å². The van der Waals surface area contributed by atoms with Crippen LogP contribution in [0.1, 0.15) is 50.7 Å². The Balaban J connectivity index is 1.74. The molecule has 1 aliphatic rings. The molecule has 2 rings (SSSR count). The Morgan fingerprint density at radius 3 is 2.75 bits per heavy atom. The number of aryl methyl sites for hydroxylation is 1. The standard InChI is InChI=1S/C17H27FN2/c1-13(2)20-12-14-6-9-17(18)15(11-14)5-3-4-10-19-16-7-8-16/h6,9,11,13,16,19-20H,3-5,7-8,10,12H2,1-2H3. The van der Waals surface area contributed by atoms with Crippen LogP contribution in [0.5, 0.6) is 0 Å². The number of hydrogen-bond donors (Lipinski definition) is 2. The van der Waals surface area contributed by atoms with Crippen molar-refractivity contribution in [3.63, 3.8) is 0 Å². The summed E-state index contributed by atoms with van der Waals surface area (Å²) in [5.74, 6) is -0.0616. The van der Waals surface area contributed by atoms with Gasteiger partial charge in [-0.15, -0.1) is 0 Å². The zero-order valence-electron chi connectivity index (χ0n) is 12.7. The van der Waals surface area contributed by atoms with E-state index in [4.69, 9.17) is 0 Å². The van der Waals surface area contributed by atoms with Gasteiger partial charge in [0.05, 0.1) is 0 Å². The number of nitrogens with one attached hydrogen (secondary N) is 2. The van der Waals surface area contributed by atoms with Gasteiger partial charge in [-0.05, 0) is 55.8 Å². The fourth-order valence-corrected chi connectivity index (χ4v) is 2.29. The second-order valence-electron chi connectivity index (χ2n) is 6.15. The Bertz CT molecular complexity index is 413. The molecule has 0 atom stereocenters. The van der Waals surface area contributed by atoms with Crippen molar-refractivity contribution >= 4 is 0 Å². The lowest BCUT2D eigenvalue weighted by Crippen LogP contribution is -2.21. The molecule has 0 bridgehead atoms. The molecular formula is C17H27FN2. The molecule has 0 aromatic heterocycles. The highest BCUT2D eigenvalue weighted by Crippen LogP contribution is 2.18. The van der Waals surface area contributed by atoms with Crippen molar-refractivity contribution in [3.8, 4) is 0 Å². The van der Waals surface area contributed by atoms with Gasteiger partial charge in [-0.2, -0.15) is 0 Å². The van der Waals surface area contributed by atoms with Crippen LogP contribution in [0.15, 0.2) is 18.2 Å². The van der Waals surface area contributed by atoms with E-state index in [0.717, 1.165) is 44.0 Å². The maximum absolute atomic E-state index is 13.8. The maximum atomic E-state index is 13.8. The fraction of sp³-hybridized carbons (Fsp3) is 0.647. The highest BCUT2D eigenvalue weighted by atomic mass is 19.1. The summed E-state index contributed by atoms with van der Waals surface area (Å²) < 4.78 is 13.8. The van der Waals surface area contributed by atoms with Crippen LogP contribution < -0.4 is 10.6 Å². The van der Waals surface area contributed by atoms with E-state index in [1.807, 2.05) is 12.1 Å². The van der Waals surface area contributed by atoms with Crippen molar-refractivity contribution in [2.45, 2.75) is 64.6 Å². The third kappa shape index (κ3) is 5.59. The Kier molecular flexibility index (Phi) is 5.99. The average molecular weight is 278 g/mol. The molecule has 20 heavy (non-hydrogen) atoms. The fourth-order valence-electron chi connectivity index (χ4n) is 2.29. The minimum absolute atomic E-state index is 0.0616. The molecule has 0 amide bonds. The highest BCUT2D eigenvalue weighted by molar-refractivity contribution is 5.25. The van der Waals surface area contributed by atoms with Gasteiger partial charge >= 0.3 is 0 Å². The molecule has 0 aliphatic heterocycles. The molecule has 0 heterocycles. The Hall–Kier alpha value is -0.930. The summed E-state index contributed by atoms with van der Waals surface area (Å²) in [6.45, 7) is 6.13. The first-order chi connectivity index (χ1) is 9.65. The van der Waals surface area contributed by atoms with Crippen molar-refractivity contribution in [2.75, 3.05) is 6.54 Å². The van der Waals surface area contributed by atoms with Crippen LogP contribution >= 0.6 is 0 Å². The maximum Gasteiger partial charge on any atom is 0.126 e. The minimum Gasteiger partial charge on any atom is -0.314 e. The van der Waals surface area contributed by atoms with Gasteiger partial charge in [-0.25, -0.2) is 4.39 Å². The van der Waals surface area contributed by atoms with E-state index in [9.17, 15) is 4.39 Å². The first-order valence-corrected chi connectivity index (χ1v) is 7.89. The molecule has 2 nitrogen and oxygen atoms in total. The number of halogens is 1. The lowest BCUT2D eigenvalue weighted by atomic mass is 10.0. The van der Waals surface area contributed by atoms with Crippen LogP contribution in [0.25, 0.3) is 0 Å². The molecule has 0 radical (unpaired) electrons. The molecule has 112 valence electrons. The van der Waals surface area contributed by atoms with E-state index >= 15 is 0 Å². The predicted molar refractivity (Wildman–Crippen MR) is 82.3 cm³/mol. The second kappa shape index (κ2) is 7.75. The molecule has 1 aromatic rings. The van der Waals surface area contributed by atoms with E-state index in [0.29, 0.717) is 6.04 Å². The van der Waals surface area contributed by atoms with Gasteiger partial charge in [0.25, 0.3) is 0 Å². The first kappa shape index (κ1) is 15.5. The van der Waals surface area contributed by atoms with Crippen molar-refractivity contribution in [1.29, 1.82) is 0 Å². The summed E-state index contributed by atoms with van der Waals surface area (Å²) in [5.41, 5.74) is 2.03. The highest BCUT2D eigenvalue weighted by Gasteiger charge is 2.19. The summed E-state index contributed by atoms with van der Waals surface area (Å²) in [4.78, 5) is 0. The van der Waals surface area contributed by atoms with Gasteiger partial charge in [-0.3, -0.25) is 0 Å². The molecule has 1 fully saturated rings. The summed E-state index contributed by atoms with van der Waals surface area (Å²) in [6.07, 6.45) is 5.69. The number of unbranched alkanes of at least 4 members (excludes halogenated alkanes) is 1. The summed E-state index contributed by atoms with van der Waals surface area (Å²) >= 11 is 0. The molecular weight excluding hydrogens is 251 g/mol. The Morgan fingerprint density at radius 2 is 2.05 bits per heavy atom. The molecule has 1 saturated carbocycles. The van der Waals surface area contributed by atoms with Crippen LogP contribution in [-0.4, -0.2) is 18.6 Å². The number of rotatable bonds is 9. The molecule has 0 unspecified atom stereocenters. The van der Waals surface area contributed by atoms with Crippen molar-refractivity contribution in [1.82, 2.24) is 10.6 Å². The third-order valence-corrected chi connectivity index (χ3v) is 3.71. The molecule has 0 saturated heterocycles. The van der Waals surface area contributed by atoms with Gasteiger partial charge in [0.1, 0.15) is 5.82 Å². The topological polar surface area (TPSA) is 24.1 Å². The monoisotopic (exact) mass is 278 g/mol. The largest absolute Gasteiger partial charge is 0.314 e. The zero-order valence-corrected chi connectivity index (χ0v) is 12.7. The van der Waals surface area contributed by atoms with Crippen LogP contribution in [0.3, 0.4) is 0 Å². The van der Waals surface area contributed by atoms with E-state index in [1.165, 1.54) is 18.4 Å². The zero-order chi connectivity index (χ0) is 14.4. The summed E-state index contributed by atoms with van der Waals surface area (Å²) in [5, 5.41) is 6.87. The smallest absolute Gasteiger partial charge is 0.126 e. The molecule has 1 aromatic carbocycles. The third-order valence-electron chi connectivity index (χ3n) is 3.71. The van der Waals surface area contributed by atoms with Crippen molar-refractivity contribution < 1.29 is 4.39 Å². The summed E-state index contributed by atoms with van der Waals surface area (Å²) in [7, 11) is 0. The lowest BCUT2D eigenvalue weighted by molar-refractivity contribution is 0.575. The SMILES string of the molecule is CC(C)NCc1ccc(F)c(CCCCNC2CC2)c1. The van der Waals surface area contributed by atoms with Gasteiger partial charge < -0.3 is 10.6 Å². The quantitative estimate of drug-likeness (QED) is 0.677. The van der Waals surface area contributed by atoms with E-state index < -0.39 is 0 Å². The van der Waals surface area contributed by atoms with Gasteiger partial charge in [0.15, 0.2) is 0 Å². The summed E-state index contributed by atoms with van der Waals surface area (Å²) in [6, 6.07) is 6.73. The van der Waals surface area contributed by atoms with Crippen LogP contribution in [-0.2, 0) is 13.0 Å². The molecule has 1 aliphatic carbocycles. The Morgan fingerprint density at radius 1 is 1.25 bits per heavy atom. The Labute approximate surface area is 122 Å². The second-order valence-corrected chi connectivity index (χ2v) is 6.15. The molecule has 3 heteroatoms. The van der Waals surface area contributed by atoms with E-state index in [-0.39, 0.29) is 5.82 Å². The number of hydrogen-bond acceptors (Lipinski definition) is 2. The van der Waals surface area contributed by atoms with Crippen LogP contribution in [0, 0.1) is 5.82 Å². The van der Waals surface area contributed by atoms with Gasteiger partial charge in [0.2, 0.25) is 0 Å². The molecule has 0 spiro atoms.